The minimum absolute atomic E-state index is 0.138. The summed E-state index contributed by atoms with van der Waals surface area (Å²) >= 11 is 0. The summed E-state index contributed by atoms with van der Waals surface area (Å²) in [4.78, 5) is 14.9. The molecule has 1 fully saturated rings. The van der Waals surface area contributed by atoms with E-state index < -0.39 is 5.97 Å². The molecule has 2 aromatic rings. The van der Waals surface area contributed by atoms with Gasteiger partial charge in [-0.05, 0) is 43.0 Å². The van der Waals surface area contributed by atoms with Gasteiger partial charge >= 0.3 is 5.97 Å². The highest BCUT2D eigenvalue weighted by atomic mass is 16.7. The molecule has 1 unspecified atom stereocenters. The number of pyridine rings is 1. The summed E-state index contributed by atoms with van der Waals surface area (Å²) in [7, 11) is 0. The number of para-hydroxylation sites is 1. The van der Waals surface area contributed by atoms with E-state index in [0.717, 1.165) is 31.4 Å². The largest absolute Gasteiger partial charge is 0.478 e. The van der Waals surface area contributed by atoms with Crippen LogP contribution in [0.3, 0.4) is 0 Å². The van der Waals surface area contributed by atoms with Gasteiger partial charge in [-0.3, -0.25) is 0 Å². The minimum atomic E-state index is -1.01. The third-order valence-corrected chi connectivity index (χ3v) is 3.62. The molecule has 0 saturated carbocycles. The molecule has 0 radical (unpaired) electrons. The Kier molecular flexibility index (Phi) is 5.09. The van der Waals surface area contributed by atoms with Gasteiger partial charge in [0.2, 0.25) is 0 Å². The van der Waals surface area contributed by atoms with E-state index in [0.29, 0.717) is 11.4 Å². The monoisotopic (exact) mass is 323 g/mol. The van der Waals surface area contributed by atoms with E-state index in [4.69, 9.17) is 14.6 Å². The van der Waals surface area contributed by atoms with Crippen molar-refractivity contribution in [1.29, 1.82) is 0 Å². The van der Waals surface area contributed by atoms with Crippen LogP contribution in [0.4, 0.5) is 0 Å². The van der Waals surface area contributed by atoms with Gasteiger partial charge in [-0.2, -0.15) is 0 Å². The Labute approximate surface area is 140 Å². The van der Waals surface area contributed by atoms with Crippen LogP contribution in [-0.4, -0.2) is 29.0 Å². The molecule has 0 spiro atoms. The first-order valence-electron chi connectivity index (χ1n) is 7.81. The average Bonchev–Trinajstić information content (AvgIpc) is 2.62. The molecule has 2 heterocycles. The lowest BCUT2D eigenvalue weighted by molar-refractivity contribution is -0.106. The number of rotatable bonds is 3. The van der Waals surface area contributed by atoms with Crippen molar-refractivity contribution in [2.24, 2.45) is 0 Å². The fourth-order valence-corrected chi connectivity index (χ4v) is 2.34. The Morgan fingerprint density at radius 1 is 1.21 bits per heavy atom. The van der Waals surface area contributed by atoms with E-state index in [-0.39, 0.29) is 11.9 Å². The summed E-state index contributed by atoms with van der Waals surface area (Å²) in [6.07, 6.45) is 4.11. The number of carbonyl (C=O) groups is 1. The quantitative estimate of drug-likeness (QED) is 0.879. The average molecular weight is 323 g/mol. The molecule has 0 aliphatic carbocycles. The zero-order chi connectivity index (χ0) is 16.8. The van der Waals surface area contributed by atoms with Crippen molar-refractivity contribution in [3.63, 3.8) is 0 Å². The minimum Gasteiger partial charge on any atom is -0.478 e. The van der Waals surface area contributed by atoms with Gasteiger partial charge in [0, 0.05) is 12.6 Å². The second kappa shape index (κ2) is 7.62. The number of aromatic carboxylic acids is 1. The molecule has 1 saturated heterocycles. The number of hydrogen-bond donors (Lipinski definition) is 1. The van der Waals surface area contributed by atoms with Crippen LogP contribution in [0.25, 0.3) is 0 Å². The maximum atomic E-state index is 10.8. The molecule has 0 amide bonds. The smallest absolute Gasteiger partial charge is 0.337 e. The molecule has 1 N–H and O–H groups in total. The van der Waals surface area contributed by atoms with Crippen LogP contribution >= 0.6 is 0 Å². The van der Waals surface area contributed by atoms with E-state index in [1.807, 2.05) is 24.3 Å². The van der Waals surface area contributed by atoms with Gasteiger partial charge in [-0.15, -0.1) is 0 Å². The second-order valence-corrected chi connectivity index (χ2v) is 5.40. The summed E-state index contributed by atoms with van der Waals surface area (Å²) in [6.45, 7) is 0.721. The topological polar surface area (TPSA) is 68.7 Å². The molecule has 24 heavy (non-hydrogen) atoms. The summed E-state index contributed by atoms with van der Waals surface area (Å²) in [6, 6.07) is 10.6. The highest BCUT2D eigenvalue weighted by molar-refractivity contribution is 5.87. The predicted octanol–water partition coefficient (Wildman–Crippen LogP) is 3.09. The normalized spacial score (nSPS) is 16.8. The predicted molar refractivity (Wildman–Crippen MR) is 87.8 cm³/mol. The van der Waals surface area contributed by atoms with Gasteiger partial charge in [0.15, 0.2) is 6.29 Å². The number of benzene rings is 1. The number of nitrogens with zero attached hydrogens (tertiary/aromatic N) is 1. The van der Waals surface area contributed by atoms with Gasteiger partial charge in [-0.1, -0.05) is 18.1 Å². The molecule has 5 nitrogen and oxygen atoms in total. The van der Waals surface area contributed by atoms with Crippen LogP contribution in [0.15, 0.2) is 42.6 Å². The molecular formula is C19H17NO4. The fraction of sp³-hybridized carbons (Fsp3) is 0.263. The molecule has 1 aromatic heterocycles. The van der Waals surface area contributed by atoms with Crippen molar-refractivity contribution < 1.29 is 19.4 Å². The zero-order valence-electron chi connectivity index (χ0n) is 13.1. The second-order valence-electron chi connectivity index (χ2n) is 5.40. The molecule has 1 aliphatic heterocycles. The van der Waals surface area contributed by atoms with E-state index in [1.54, 1.807) is 6.07 Å². The van der Waals surface area contributed by atoms with E-state index >= 15 is 0 Å². The van der Waals surface area contributed by atoms with Gasteiger partial charge < -0.3 is 14.6 Å². The Balaban J connectivity index is 1.76. The lowest BCUT2D eigenvalue weighted by Crippen LogP contribution is -2.25. The maximum Gasteiger partial charge on any atom is 0.337 e. The number of carboxylic acids is 1. The first kappa shape index (κ1) is 16.0. The Bertz CT molecular complexity index is 768. The van der Waals surface area contributed by atoms with Crippen molar-refractivity contribution in [3.05, 3.63) is 59.4 Å². The number of aromatic nitrogens is 1. The maximum absolute atomic E-state index is 10.8. The van der Waals surface area contributed by atoms with Gasteiger partial charge in [-0.25, -0.2) is 9.78 Å². The number of hydrogen-bond acceptors (Lipinski definition) is 4. The van der Waals surface area contributed by atoms with E-state index in [1.165, 1.54) is 12.3 Å². The molecule has 1 aromatic carbocycles. The zero-order valence-corrected chi connectivity index (χ0v) is 13.1. The summed E-state index contributed by atoms with van der Waals surface area (Å²) in [5.41, 5.74) is 1.39. The van der Waals surface area contributed by atoms with Crippen molar-refractivity contribution in [2.45, 2.75) is 25.6 Å². The standard InChI is InChI=1S/C19H17NO4/c21-19(22)15-9-11-16(20-13-15)10-8-14-5-1-2-6-17(14)24-18-7-3-4-12-23-18/h1-2,5-6,9,11,13,18H,3-4,7,12H2,(H,21,22). The first-order valence-corrected chi connectivity index (χ1v) is 7.81. The third kappa shape index (κ3) is 4.12. The van der Waals surface area contributed by atoms with Crippen LogP contribution in [0.5, 0.6) is 5.75 Å². The van der Waals surface area contributed by atoms with Crippen molar-refractivity contribution in [1.82, 2.24) is 4.98 Å². The molecule has 122 valence electrons. The Morgan fingerprint density at radius 2 is 2.08 bits per heavy atom. The Hall–Kier alpha value is -2.84. The molecule has 1 aliphatic rings. The number of carboxylic acid groups (broad SMARTS) is 1. The van der Waals surface area contributed by atoms with E-state index in [9.17, 15) is 4.79 Å². The van der Waals surface area contributed by atoms with Crippen LogP contribution in [0.1, 0.15) is 40.9 Å². The van der Waals surface area contributed by atoms with Gasteiger partial charge in [0.05, 0.1) is 17.7 Å². The van der Waals surface area contributed by atoms with Crippen LogP contribution in [0.2, 0.25) is 0 Å². The van der Waals surface area contributed by atoms with Crippen LogP contribution < -0.4 is 4.74 Å². The van der Waals surface area contributed by atoms with Crippen molar-refractivity contribution >= 4 is 5.97 Å². The SMILES string of the molecule is O=C(O)c1ccc(C#Cc2ccccc2OC2CCCCO2)nc1. The van der Waals surface area contributed by atoms with Gasteiger partial charge in [0.1, 0.15) is 11.4 Å². The molecule has 5 heteroatoms. The van der Waals surface area contributed by atoms with Crippen molar-refractivity contribution in [3.8, 4) is 17.6 Å². The highest BCUT2D eigenvalue weighted by Gasteiger charge is 2.16. The summed E-state index contributed by atoms with van der Waals surface area (Å²) < 4.78 is 11.5. The molecule has 3 rings (SSSR count). The lowest BCUT2D eigenvalue weighted by Gasteiger charge is -2.23. The molecule has 1 atom stereocenters. The van der Waals surface area contributed by atoms with Crippen LogP contribution in [0, 0.1) is 11.8 Å². The number of ether oxygens (including phenoxy) is 2. The fourth-order valence-electron chi connectivity index (χ4n) is 2.34. The molecule has 0 bridgehead atoms. The summed E-state index contributed by atoms with van der Waals surface area (Å²) in [5.74, 6) is 5.63. The van der Waals surface area contributed by atoms with Crippen LogP contribution in [-0.2, 0) is 4.74 Å². The highest BCUT2D eigenvalue weighted by Crippen LogP contribution is 2.22. The first-order chi connectivity index (χ1) is 11.7. The Morgan fingerprint density at radius 3 is 2.79 bits per heavy atom. The summed E-state index contributed by atoms with van der Waals surface area (Å²) in [5, 5.41) is 8.87. The van der Waals surface area contributed by atoms with Crippen molar-refractivity contribution in [2.75, 3.05) is 6.61 Å². The third-order valence-electron chi connectivity index (χ3n) is 3.62. The van der Waals surface area contributed by atoms with Gasteiger partial charge in [0.25, 0.3) is 0 Å². The molecular weight excluding hydrogens is 306 g/mol. The van der Waals surface area contributed by atoms with E-state index in [2.05, 4.69) is 16.8 Å². The lowest BCUT2D eigenvalue weighted by atomic mass is 10.2.